The third-order valence-electron chi connectivity index (χ3n) is 2.06. The van der Waals surface area contributed by atoms with Crippen LogP contribution in [0.25, 0.3) is 0 Å². The SMILES string of the molecule is CC(C)(CN)CNS(=O)(=O)c1cnc[nH]1. The van der Waals surface area contributed by atoms with E-state index in [0.717, 1.165) is 0 Å². The number of aromatic nitrogens is 2. The van der Waals surface area contributed by atoms with E-state index in [-0.39, 0.29) is 10.4 Å². The van der Waals surface area contributed by atoms with Crippen molar-refractivity contribution in [3.8, 4) is 0 Å². The Kier molecular flexibility index (Phi) is 3.48. The smallest absolute Gasteiger partial charge is 0.257 e. The van der Waals surface area contributed by atoms with Crippen LogP contribution in [0.3, 0.4) is 0 Å². The van der Waals surface area contributed by atoms with Crippen LogP contribution >= 0.6 is 0 Å². The standard InChI is InChI=1S/C8H16N4O2S/c1-8(2,4-9)5-12-15(13,14)7-3-10-6-11-7/h3,6,12H,4-5,9H2,1-2H3,(H,10,11). The van der Waals surface area contributed by atoms with E-state index in [4.69, 9.17) is 5.73 Å². The first kappa shape index (κ1) is 12.2. The number of hydrogen-bond acceptors (Lipinski definition) is 4. The molecular formula is C8H16N4O2S. The normalized spacial score (nSPS) is 13.0. The van der Waals surface area contributed by atoms with Gasteiger partial charge in [-0.2, -0.15) is 0 Å². The summed E-state index contributed by atoms with van der Waals surface area (Å²) in [5.41, 5.74) is 5.24. The number of sulfonamides is 1. The maximum Gasteiger partial charge on any atom is 0.257 e. The highest BCUT2D eigenvalue weighted by Crippen LogP contribution is 2.12. The molecule has 0 saturated carbocycles. The molecule has 0 fully saturated rings. The molecule has 1 aromatic heterocycles. The molecule has 0 aromatic carbocycles. The molecule has 0 unspecified atom stereocenters. The first-order valence-corrected chi connectivity index (χ1v) is 6.04. The largest absolute Gasteiger partial charge is 0.335 e. The number of nitrogens with one attached hydrogen (secondary N) is 2. The van der Waals surface area contributed by atoms with Gasteiger partial charge in [-0.15, -0.1) is 0 Å². The van der Waals surface area contributed by atoms with Crippen molar-refractivity contribution < 1.29 is 8.42 Å². The zero-order chi connectivity index (χ0) is 11.5. The summed E-state index contributed by atoms with van der Waals surface area (Å²) in [5, 5.41) is 0.0651. The van der Waals surface area contributed by atoms with Crippen molar-refractivity contribution >= 4 is 10.0 Å². The number of aromatic amines is 1. The Bertz CT molecular complexity index is 396. The number of nitrogens with two attached hydrogens (primary N) is 1. The Balaban J connectivity index is 2.67. The Hall–Kier alpha value is -0.920. The minimum Gasteiger partial charge on any atom is -0.335 e. The number of H-pyrrole nitrogens is 1. The van der Waals surface area contributed by atoms with Crippen LogP contribution in [0.5, 0.6) is 0 Å². The molecule has 6 nitrogen and oxygen atoms in total. The second-order valence-electron chi connectivity index (χ2n) is 4.11. The Labute approximate surface area is 89.3 Å². The van der Waals surface area contributed by atoms with Crippen molar-refractivity contribution in [1.82, 2.24) is 14.7 Å². The third-order valence-corrected chi connectivity index (χ3v) is 3.38. The van der Waals surface area contributed by atoms with Gasteiger partial charge in [0.2, 0.25) is 0 Å². The highest BCUT2D eigenvalue weighted by molar-refractivity contribution is 7.89. The fraction of sp³-hybridized carbons (Fsp3) is 0.625. The topological polar surface area (TPSA) is 101 Å². The van der Waals surface area contributed by atoms with Crippen molar-refractivity contribution in [2.45, 2.75) is 18.9 Å². The van der Waals surface area contributed by atoms with Crippen molar-refractivity contribution in [2.24, 2.45) is 11.1 Å². The minimum absolute atomic E-state index is 0.0651. The quantitative estimate of drug-likeness (QED) is 0.647. The molecular weight excluding hydrogens is 216 g/mol. The van der Waals surface area contributed by atoms with Crippen molar-refractivity contribution in [3.63, 3.8) is 0 Å². The van der Waals surface area contributed by atoms with Crippen LogP contribution in [0.15, 0.2) is 17.6 Å². The highest BCUT2D eigenvalue weighted by Gasteiger charge is 2.21. The molecule has 0 bridgehead atoms. The summed E-state index contributed by atoms with van der Waals surface area (Å²) in [5.74, 6) is 0. The lowest BCUT2D eigenvalue weighted by Gasteiger charge is -2.22. The molecule has 1 rings (SSSR count). The monoisotopic (exact) mass is 232 g/mol. The van der Waals surface area contributed by atoms with Gasteiger partial charge in [0.05, 0.1) is 12.5 Å². The molecule has 1 aromatic rings. The summed E-state index contributed by atoms with van der Waals surface area (Å²) in [7, 11) is -3.48. The van der Waals surface area contributed by atoms with Gasteiger partial charge in [-0.05, 0) is 12.0 Å². The number of nitrogens with zero attached hydrogens (tertiary/aromatic N) is 1. The average Bonchev–Trinajstić information content (AvgIpc) is 2.69. The summed E-state index contributed by atoms with van der Waals surface area (Å²) in [6.45, 7) is 4.49. The number of rotatable bonds is 5. The van der Waals surface area contributed by atoms with Gasteiger partial charge < -0.3 is 10.7 Å². The van der Waals surface area contributed by atoms with E-state index in [1.54, 1.807) is 0 Å². The highest BCUT2D eigenvalue weighted by atomic mass is 32.2. The van der Waals surface area contributed by atoms with Crippen LogP contribution < -0.4 is 10.5 Å². The van der Waals surface area contributed by atoms with Crippen LogP contribution in [0.2, 0.25) is 0 Å². The van der Waals surface area contributed by atoms with Crippen molar-refractivity contribution in [2.75, 3.05) is 13.1 Å². The van der Waals surface area contributed by atoms with Gasteiger partial charge in [-0.1, -0.05) is 13.8 Å². The van der Waals surface area contributed by atoms with E-state index in [9.17, 15) is 8.42 Å². The van der Waals surface area contributed by atoms with E-state index in [2.05, 4.69) is 14.7 Å². The molecule has 4 N–H and O–H groups in total. The predicted molar refractivity (Wildman–Crippen MR) is 56.6 cm³/mol. The molecule has 86 valence electrons. The summed E-state index contributed by atoms with van der Waals surface area (Å²) in [4.78, 5) is 6.19. The van der Waals surface area contributed by atoms with E-state index < -0.39 is 10.0 Å². The first-order chi connectivity index (χ1) is 6.87. The zero-order valence-corrected chi connectivity index (χ0v) is 9.63. The lowest BCUT2D eigenvalue weighted by molar-refractivity contribution is 0.376. The summed E-state index contributed by atoms with van der Waals surface area (Å²) < 4.78 is 25.7. The molecule has 0 aliphatic heterocycles. The maximum atomic E-state index is 11.6. The molecule has 0 atom stereocenters. The fourth-order valence-electron chi connectivity index (χ4n) is 0.830. The maximum absolute atomic E-state index is 11.6. The Morgan fingerprint density at radius 2 is 2.27 bits per heavy atom. The summed E-state index contributed by atoms with van der Waals surface area (Å²) in [6.07, 6.45) is 2.58. The molecule has 15 heavy (non-hydrogen) atoms. The summed E-state index contributed by atoms with van der Waals surface area (Å²) in [6, 6.07) is 0. The van der Waals surface area contributed by atoms with E-state index in [1.807, 2.05) is 13.8 Å². The molecule has 1 heterocycles. The van der Waals surface area contributed by atoms with E-state index in [1.165, 1.54) is 12.5 Å². The van der Waals surface area contributed by atoms with Gasteiger partial charge >= 0.3 is 0 Å². The molecule has 0 spiro atoms. The van der Waals surface area contributed by atoms with Crippen molar-refractivity contribution in [3.05, 3.63) is 12.5 Å². The van der Waals surface area contributed by atoms with Crippen LogP contribution in [0, 0.1) is 5.41 Å². The number of hydrogen-bond donors (Lipinski definition) is 3. The van der Waals surface area contributed by atoms with Crippen LogP contribution in [-0.2, 0) is 10.0 Å². The molecule has 0 radical (unpaired) electrons. The number of imidazole rings is 1. The second kappa shape index (κ2) is 4.30. The van der Waals surface area contributed by atoms with Gasteiger partial charge in [0.25, 0.3) is 10.0 Å². The Morgan fingerprint density at radius 3 is 2.73 bits per heavy atom. The Morgan fingerprint density at radius 1 is 1.60 bits per heavy atom. The van der Waals surface area contributed by atoms with Crippen LogP contribution in [0.1, 0.15) is 13.8 Å². The summed E-state index contributed by atoms with van der Waals surface area (Å²) >= 11 is 0. The van der Waals surface area contributed by atoms with Crippen LogP contribution in [-0.4, -0.2) is 31.5 Å². The second-order valence-corrected chi connectivity index (χ2v) is 5.84. The molecule has 0 aliphatic rings. The molecule has 0 saturated heterocycles. The van der Waals surface area contributed by atoms with Gasteiger partial charge in [0, 0.05) is 6.54 Å². The fourth-order valence-corrected chi connectivity index (χ4v) is 1.97. The van der Waals surface area contributed by atoms with E-state index >= 15 is 0 Å². The van der Waals surface area contributed by atoms with Gasteiger partial charge in [-0.3, -0.25) is 0 Å². The van der Waals surface area contributed by atoms with Crippen LogP contribution in [0.4, 0.5) is 0 Å². The first-order valence-electron chi connectivity index (χ1n) is 4.55. The third kappa shape index (κ3) is 3.29. The van der Waals surface area contributed by atoms with Gasteiger partial charge in [-0.25, -0.2) is 18.1 Å². The van der Waals surface area contributed by atoms with Crippen molar-refractivity contribution in [1.29, 1.82) is 0 Å². The minimum atomic E-state index is -3.48. The van der Waals surface area contributed by atoms with Gasteiger partial charge in [0.15, 0.2) is 5.03 Å². The lowest BCUT2D eigenvalue weighted by Crippen LogP contribution is -2.38. The zero-order valence-electron chi connectivity index (χ0n) is 8.82. The molecule has 0 aliphatic carbocycles. The molecule has 7 heteroatoms. The lowest BCUT2D eigenvalue weighted by atomic mass is 9.95. The molecule has 0 amide bonds. The van der Waals surface area contributed by atoms with Gasteiger partial charge in [0.1, 0.15) is 0 Å². The average molecular weight is 232 g/mol. The van der Waals surface area contributed by atoms with E-state index in [0.29, 0.717) is 13.1 Å². The predicted octanol–water partition coefficient (Wildman–Crippen LogP) is -0.327.